The lowest BCUT2D eigenvalue weighted by molar-refractivity contribution is -0.147. The summed E-state index contributed by atoms with van der Waals surface area (Å²) in [6.07, 6.45) is 0.575. The van der Waals surface area contributed by atoms with Gasteiger partial charge in [-0.25, -0.2) is 4.79 Å². The Balaban J connectivity index is 1.24. The van der Waals surface area contributed by atoms with Crippen LogP contribution in [-0.4, -0.2) is 22.5 Å². The van der Waals surface area contributed by atoms with Crippen LogP contribution in [0.1, 0.15) is 22.3 Å². The normalized spacial score (nSPS) is 16.4. The number of nitrogens with one attached hydrogen (secondary N) is 1. The van der Waals surface area contributed by atoms with Gasteiger partial charge in [0.05, 0.1) is 6.42 Å². The van der Waals surface area contributed by atoms with E-state index < -0.39 is 11.5 Å². The second kappa shape index (κ2) is 10.2. The van der Waals surface area contributed by atoms with Gasteiger partial charge in [-0.2, -0.15) is 11.3 Å². The number of carboxylic acids is 1. The van der Waals surface area contributed by atoms with Crippen molar-refractivity contribution in [2.24, 2.45) is 0 Å². The Morgan fingerprint density at radius 3 is 2.33 bits per heavy atom. The van der Waals surface area contributed by atoms with Crippen molar-refractivity contribution in [1.82, 2.24) is 5.32 Å². The fourth-order valence-corrected chi connectivity index (χ4v) is 5.31. The largest absolute Gasteiger partial charge is 0.489 e. The number of carbonyl (C=O) groups excluding carboxylic acids is 1. The molecule has 182 valence electrons. The Labute approximate surface area is 218 Å². The number of benzene rings is 3. The van der Waals surface area contributed by atoms with Crippen LogP contribution in [-0.2, 0) is 35.5 Å². The molecule has 7 heteroatoms. The number of hydrogen-bond donors (Lipinski definition) is 2. The van der Waals surface area contributed by atoms with Gasteiger partial charge in [-0.3, -0.25) is 4.79 Å². The summed E-state index contributed by atoms with van der Waals surface area (Å²) in [5.74, 6) is -0.637. The van der Waals surface area contributed by atoms with Gasteiger partial charge in [-0.1, -0.05) is 54.1 Å². The van der Waals surface area contributed by atoms with Gasteiger partial charge in [0, 0.05) is 17.9 Å². The lowest BCUT2D eigenvalue weighted by Gasteiger charge is -2.25. The zero-order valence-corrected chi connectivity index (χ0v) is 20.9. The number of thiophene rings is 1. The van der Waals surface area contributed by atoms with E-state index in [9.17, 15) is 14.7 Å². The van der Waals surface area contributed by atoms with E-state index in [4.69, 9.17) is 16.3 Å². The molecule has 1 unspecified atom stereocenters. The van der Waals surface area contributed by atoms with E-state index in [1.165, 1.54) is 0 Å². The maximum absolute atomic E-state index is 12.9. The number of amides is 1. The first-order valence-electron chi connectivity index (χ1n) is 11.6. The van der Waals surface area contributed by atoms with Gasteiger partial charge >= 0.3 is 5.97 Å². The third-order valence-corrected chi connectivity index (χ3v) is 7.41. The van der Waals surface area contributed by atoms with E-state index in [2.05, 4.69) is 5.32 Å². The van der Waals surface area contributed by atoms with E-state index in [1.807, 2.05) is 83.6 Å². The van der Waals surface area contributed by atoms with Crippen LogP contribution in [0.25, 0.3) is 11.1 Å². The molecule has 0 bridgehead atoms. The van der Waals surface area contributed by atoms with Crippen molar-refractivity contribution in [2.75, 3.05) is 0 Å². The fraction of sp³-hybridized carbons (Fsp3) is 0.172. The van der Waals surface area contributed by atoms with Crippen molar-refractivity contribution in [2.45, 2.75) is 31.4 Å². The monoisotopic (exact) mass is 517 g/mol. The Bertz CT molecular complexity index is 1380. The van der Waals surface area contributed by atoms with Gasteiger partial charge < -0.3 is 15.2 Å². The number of carbonyl (C=O) groups is 2. The highest BCUT2D eigenvalue weighted by atomic mass is 35.5. The van der Waals surface area contributed by atoms with Gasteiger partial charge in [0.2, 0.25) is 5.91 Å². The number of aliphatic carboxylic acids is 1. The average Bonchev–Trinajstić information content (AvgIpc) is 3.51. The molecular formula is C29H24ClNO4S. The Hall–Kier alpha value is -3.61. The van der Waals surface area contributed by atoms with Crippen LogP contribution in [0.5, 0.6) is 5.75 Å². The van der Waals surface area contributed by atoms with E-state index in [0.29, 0.717) is 11.6 Å². The standard InChI is InChI=1S/C29H24ClNO4S/c30-25-7-5-21(6-8-25)22-3-4-23-15-29(28(33)34,16-24(23)14-22)31-27(32)13-19-1-9-26(10-2-19)35-17-20-11-12-36-18-20/h1-12,14,18H,13,15-17H2,(H,31,32)(H,33,34). The number of rotatable bonds is 8. The minimum Gasteiger partial charge on any atom is -0.489 e. The summed E-state index contributed by atoms with van der Waals surface area (Å²) < 4.78 is 5.77. The molecule has 1 heterocycles. The first-order valence-corrected chi connectivity index (χ1v) is 12.9. The van der Waals surface area contributed by atoms with Crippen molar-refractivity contribution in [3.63, 3.8) is 0 Å². The van der Waals surface area contributed by atoms with Crippen molar-refractivity contribution in [3.05, 3.63) is 111 Å². The molecule has 1 atom stereocenters. The van der Waals surface area contributed by atoms with Gasteiger partial charge in [0.1, 0.15) is 17.9 Å². The van der Waals surface area contributed by atoms with E-state index in [-0.39, 0.29) is 25.2 Å². The molecule has 0 saturated heterocycles. The average molecular weight is 518 g/mol. The van der Waals surface area contributed by atoms with Gasteiger partial charge in [0.15, 0.2) is 0 Å². The maximum Gasteiger partial charge on any atom is 0.330 e. The minimum atomic E-state index is -1.36. The summed E-state index contributed by atoms with van der Waals surface area (Å²) in [5, 5.41) is 17.6. The molecule has 3 aromatic carbocycles. The molecule has 0 saturated carbocycles. The van der Waals surface area contributed by atoms with Crippen LogP contribution in [0.15, 0.2) is 83.6 Å². The summed E-state index contributed by atoms with van der Waals surface area (Å²) in [6.45, 7) is 0.491. The zero-order valence-electron chi connectivity index (χ0n) is 19.4. The van der Waals surface area contributed by atoms with E-state index in [0.717, 1.165) is 39.1 Å². The highest BCUT2D eigenvalue weighted by Gasteiger charge is 2.45. The van der Waals surface area contributed by atoms with Crippen LogP contribution in [0.3, 0.4) is 0 Å². The van der Waals surface area contributed by atoms with Crippen molar-refractivity contribution in [1.29, 1.82) is 0 Å². The van der Waals surface area contributed by atoms with Crippen molar-refractivity contribution < 1.29 is 19.4 Å². The van der Waals surface area contributed by atoms with E-state index >= 15 is 0 Å². The first kappa shape index (κ1) is 24.1. The third-order valence-electron chi connectivity index (χ3n) is 6.43. The number of ether oxygens (including phenoxy) is 1. The molecule has 1 aliphatic rings. The zero-order chi connectivity index (χ0) is 25.1. The molecule has 2 N–H and O–H groups in total. The molecule has 1 aliphatic carbocycles. The Morgan fingerprint density at radius 1 is 0.917 bits per heavy atom. The predicted octanol–water partition coefficient (Wildman–Crippen LogP) is 5.93. The third kappa shape index (κ3) is 5.30. The lowest BCUT2D eigenvalue weighted by Crippen LogP contribution is -2.55. The maximum atomic E-state index is 12.9. The number of carboxylic acid groups (broad SMARTS) is 1. The van der Waals surface area contributed by atoms with Crippen LogP contribution < -0.4 is 10.1 Å². The SMILES string of the molecule is O=C(Cc1ccc(OCc2ccsc2)cc1)NC1(C(=O)O)Cc2ccc(-c3ccc(Cl)cc3)cc2C1. The molecule has 4 aromatic rings. The van der Waals surface area contributed by atoms with Crippen LogP contribution >= 0.6 is 22.9 Å². The molecule has 0 radical (unpaired) electrons. The van der Waals surface area contributed by atoms with Crippen molar-refractivity contribution in [3.8, 4) is 16.9 Å². The minimum absolute atomic E-state index is 0.0895. The second-order valence-electron chi connectivity index (χ2n) is 9.02. The molecule has 36 heavy (non-hydrogen) atoms. The molecule has 5 nitrogen and oxygen atoms in total. The van der Waals surface area contributed by atoms with Crippen LogP contribution in [0.4, 0.5) is 0 Å². The molecule has 1 aromatic heterocycles. The summed E-state index contributed by atoms with van der Waals surface area (Å²) in [5.41, 5.74) is 4.39. The molecule has 0 spiro atoms. The fourth-order valence-electron chi connectivity index (χ4n) is 4.53. The van der Waals surface area contributed by atoms with E-state index in [1.54, 1.807) is 11.3 Å². The summed E-state index contributed by atoms with van der Waals surface area (Å²) >= 11 is 7.63. The first-order chi connectivity index (χ1) is 17.4. The van der Waals surface area contributed by atoms with Gasteiger partial charge in [-0.15, -0.1) is 0 Å². The predicted molar refractivity (Wildman–Crippen MR) is 142 cm³/mol. The number of fused-ring (bicyclic) bond motifs is 1. The topological polar surface area (TPSA) is 75.6 Å². The Morgan fingerprint density at radius 2 is 1.64 bits per heavy atom. The molecule has 1 amide bonds. The van der Waals surface area contributed by atoms with Gasteiger partial charge in [-0.05, 0) is 74.5 Å². The van der Waals surface area contributed by atoms with Crippen LogP contribution in [0.2, 0.25) is 5.02 Å². The molecule has 0 fully saturated rings. The highest BCUT2D eigenvalue weighted by molar-refractivity contribution is 7.07. The number of halogens is 1. The van der Waals surface area contributed by atoms with Gasteiger partial charge in [0.25, 0.3) is 0 Å². The second-order valence-corrected chi connectivity index (χ2v) is 10.2. The summed E-state index contributed by atoms with van der Waals surface area (Å²) in [4.78, 5) is 25.2. The number of hydrogen-bond acceptors (Lipinski definition) is 4. The Kier molecular flexibility index (Phi) is 6.81. The quantitative estimate of drug-likeness (QED) is 0.304. The summed E-state index contributed by atoms with van der Waals surface area (Å²) in [6, 6.07) is 22.8. The smallest absolute Gasteiger partial charge is 0.330 e. The molecule has 5 rings (SSSR count). The highest BCUT2D eigenvalue weighted by Crippen LogP contribution is 2.34. The van der Waals surface area contributed by atoms with Crippen molar-refractivity contribution >= 4 is 34.8 Å². The lowest BCUT2D eigenvalue weighted by atomic mass is 9.95. The summed E-state index contributed by atoms with van der Waals surface area (Å²) in [7, 11) is 0. The molecule has 0 aliphatic heterocycles. The van der Waals surface area contributed by atoms with Crippen LogP contribution in [0, 0.1) is 0 Å². The molecular weight excluding hydrogens is 494 g/mol.